The van der Waals surface area contributed by atoms with Crippen molar-refractivity contribution in [2.45, 2.75) is 6.42 Å². The van der Waals surface area contributed by atoms with Crippen LogP contribution < -0.4 is 5.56 Å². The lowest BCUT2D eigenvalue weighted by Crippen LogP contribution is -2.11. The van der Waals surface area contributed by atoms with E-state index >= 15 is 0 Å². The van der Waals surface area contributed by atoms with Gasteiger partial charge in [0.25, 0.3) is 5.56 Å². The van der Waals surface area contributed by atoms with Crippen LogP contribution in [0.25, 0.3) is 5.65 Å². The average molecular weight is 260 g/mol. The van der Waals surface area contributed by atoms with E-state index < -0.39 is 0 Å². The van der Waals surface area contributed by atoms with Gasteiger partial charge in [-0.25, -0.2) is 9.50 Å². The maximum Gasteiger partial charge on any atom is 0.271 e. The van der Waals surface area contributed by atoms with Crippen molar-refractivity contribution in [2.75, 3.05) is 0 Å². The third-order valence-corrected chi connectivity index (χ3v) is 2.96. The number of rotatable bonds is 2. The van der Waals surface area contributed by atoms with E-state index in [0.717, 1.165) is 11.4 Å². The minimum absolute atomic E-state index is 0.109. The molecule has 0 fully saturated rings. The molecule has 3 rings (SSSR count). The number of hydrogen-bond acceptors (Lipinski definition) is 2. The van der Waals surface area contributed by atoms with Gasteiger partial charge in [-0.2, -0.15) is 0 Å². The molecule has 0 aliphatic rings. The highest BCUT2D eigenvalue weighted by atomic mass is 35.5. The van der Waals surface area contributed by atoms with Crippen LogP contribution in [0, 0.1) is 0 Å². The van der Waals surface area contributed by atoms with E-state index in [-0.39, 0.29) is 5.56 Å². The van der Waals surface area contributed by atoms with Gasteiger partial charge in [-0.1, -0.05) is 29.8 Å². The molecule has 2 heterocycles. The summed E-state index contributed by atoms with van der Waals surface area (Å²) >= 11 is 5.83. The minimum atomic E-state index is -0.109. The first-order valence-electron chi connectivity index (χ1n) is 5.53. The van der Waals surface area contributed by atoms with Gasteiger partial charge in [0.1, 0.15) is 5.82 Å². The molecule has 0 saturated carbocycles. The number of halogens is 1. The predicted octanol–water partition coefficient (Wildman–Crippen LogP) is 2.27. The monoisotopic (exact) mass is 259 g/mol. The molecule has 0 spiro atoms. The summed E-state index contributed by atoms with van der Waals surface area (Å²) in [6.45, 7) is 0. The molecule has 4 nitrogen and oxygen atoms in total. The largest absolute Gasteiger partial charge is 0.276 e. The number of hydrogen-bond donors (Lipinski definition) is 1. The maximum absolute atomic E-state index is 11.6. The fourth-order valence-corrected chi connectivity index (χ4v) is 1.97. The number of benzene rings is 1. The van der Waals surface area contributed by atoms with E-state index in [1.165, 1.54) is 10.6 Å². The van der Waals surface area contributed by atoms with Crippen molar-refractivity contribution in [3.63, 3.8) is 0 Å². The third-order valence-electron chi connectivity index (χ3n) is 2.71. The molecule has 18 heavy (non-hydrogen) atoms. The van der Waals surface area contributed by atoms with Gasteiger partial charge < -0.3 is 0 Å². The van der Waals surface area contributed by atoms with Crippen molar-refractivity contribution >= 4 is 17.2 Å². The maximum atomic E-state index is 11.6. The second-order valence-electron chi connectivity index (χ2n) is 4.03. The van der Waals surface area contributed by atoms with Gasteiger partial charge in [0.2, 0.25) is 0 Å². The quantitative estimate of drug-likeness (QED) is 0.768. The smallest absolute Gasteiger partial charge is 0.271 e. The second kappa shape index (κ2) is 4.31. The first-order chi connectivity index (χ1) is 8.72. The molecule has 0 unspecified atom stereocenters. The van der Waals surface area contributed by atoms with Crippen molar-refractivity contribution < 1.29 is 0 Å². The number of nitrogens with one attached hydrogen (secondary N) is 1. The molecule has 90 valence electrons. The molecule has 0 saturated heterocycles. The first kappa shape index (κ1) is 11.0. The Bertz CT molecular complexity index is 743. The number of H-pyrrole nitrogens is 1. The van der Waals surface area contributed by atoms with Crippen LogP contribution in [0.4, 0.5) is 0 Å². The number of aromatic amines is 1. The number of nitrogens with zero attached hydrogens (tertiary/aromatic N) is 2. The molecule has 0 atom stereocenters. The molecule has 3 aromatic rings. The van der Waals surface area contributed by atoms with Crippen molar-refractivity contribution in [1.82, 2.24) is 14.6 Å². The molecule has 0 amide bonds. The summed E-state index contributed by atoms with van der Waals surface area (Å²) in [4.78, 5) is 15.9. The fraction of sp³-hybridized carbons (Fsp3) is 0.0769. The topological polar surface area (TPSA) is 50.2 Å². The van der Waals surface area contributed by atoms with E-state index in [2.05, 4.69) is 10.1 Å². The Labute approximate surface area is 108 Å². The predicted molar refractivity (Wildman–Crippen MR) is 70.1 cm³/mol. The Kier molecular flexibility index (Phi) is 2.64. The Balaban J connectivity index is 1.98. The van der Waals surface area contributed by atoms with Crippen molar-refractivity contribution in [2.24, 2.45) is 0 Å². The minimum Gasteiger partial charge on any atom is -0.276 e. The lowest BCUT2D eigenvalue weighted by Gasteiger charge is -1.97. The normalized spacial score (nSPS) is 10.9. The van der Waals surface area contributed by atoms with Crippen molar-refractivity contribution in [3.8, 4) is 0 Å². The molecule has 1 N–H and O–H groups in total. The van der Waals surface area contributed by atoms with Crippen molar-refractivity contribution in [1.29, 1.82) is 0 Å². The van der Waals surface area contributed by atoms with Crippen LogP contribution in [0.15, 0.2) is 47.3 Å². The van der Waals surface area contributed by atoms with E-state index in [0.29, 0.717) is 17.1 Å². The van der Waals surface area contributed by atoms with E-state index in [9.17, 15) is 4.79 Å². The number of pyridine rings is 1. The van der Waals surface area contributed by atoms with Crippen LogP contribution in [0.3, 0.4) is 0 Å². The van der Waals surface area contributed by atoms with E-state index in [1.54, 1.807) is 12.1 Å². The van der Waals surface area contributed by atoms with Gasteiger partial charge in [0, 0.05) is 17.5 Å². The molecular formula is C13H10ClN3O. The molecule has 1 aromatic carbocycles. The van der Waals surface area contributed by atoms with Crippen LogP contribution in [0.2, 0.25) is 5.02 Å². The average Bonchev–Trinajstić information content (AvgIpc) is 2.76. The zero-order chi connectivity index (χ0) is 12.5. The molecule has 0 radical (unpaired) electrons. The lowest BCUT2D eigenvalue weighted by molar-refractivity contribution is 0.873. The van der Waals surface area contributed by atoms with Gasteiger partial charge >= 0.3 is 0 Å². The second-order valence-corrected chi connectivity index (χ2v) is 4.47. The fourth-order valence-electron chi connectivity index (χ4n) is 1.85. The molecule has 0 aliphatic heterocycles. The SMILES string of the molecule is O=c1cccc2nc(Cc3ccc(Cl)cc3)[nH]n12. The van der Waals surface area contributed by atoms with Gasteiger partial charge in [0.05, 0.1) is 0 Å². The highest BCUT2D eigenvalue weighted by molar-refractivity contribution is 6.30. The van der Waals surface area contributed by atoms with Crippen LogP contribution >= 0.6 is 11.6 Å². The van der Waals surface area contributed by atoms with Gasteiger partial charge in [-0.05, 0) is 23.8 Å². The Hall–Kier alpha value is -2.07. The Morgan fingerprint density at radius 2 is 1.94 bits per heavy atom. The van der Waals surface area contributed by atoms with Gasteiger partial charge in [0.15, 0.2) is 5.65 Å². The van der Waals surface area contributed by atoms with Crippen molar-refractivity contribution in [3.05, 3.63) is 69.2 Å². The summed E-state index contributed by atoms with van der Waals surface area (Å²) in [5.74, 6) is 0.751. The molecule has 0 aliphatic carbocycles. The summed E-state index contributed by atoms with van der Waals surface area (Å²) in [5, 5.41) is 3.69. The highest BCUT2D eigenvalue weighted by Gasteiger charge is 2.04. The van der Waals surface area contributed by atoms with Crippen LogP contribution in [-0.2, 0) is 6.42 Å². The summed E-state index contributed by atoms with van der Waals surface area (Å²) < 4.78 is 1.44. The molecule has 2 aromatic heterocycles. The van der Waals surface area contributed by atoms with E-state index in [1.807, 2.05) is 24.3 Å². The van der Waals surface area contributed by atoms with Crippen LogP contribution in [0.5, 0.6) is 0 Å². The van der Waals surface area contributed by atoms with Crippen LogP contribution in [0.1, 0.15) is 11.4 Å². The molecule has 5 heteroatoms. The zero-order valence-electron chi connectivity index (χ0n) is 9.43. The number of aromatic nitrogens is 3. The lowest BCUT2D eigenvalue weighted by atomic mass is 10.1. The molecular weight excluding hydrogens is 250 g/mol. The Morgan fingerprint density at radius 3 is 2.67 bits per heavy atom. The van der Waals surface area contributed by atoms with E-state index in [4.69, 9.17) is 11.6 Å². The van der Waals surface area contributed by atoms with Gasteiger partial charge in [-0.15, -0.1) is 0 Å². The summed E-state index contributed by atoms with van der Waals surface area (Å²) in [6.07, 6.45) is 0.637. The summed E-state index contributed by atoms with van der Waals surface area (Å²) in [5.41, 5.74) is 1.61. The summed E-state index contributed by atoms with van der Waals surface area (Å²) in [6, 6.07) is 12.6. The molecule has 0 bridgehead atoms. The number of fused-ring (bicyclic) bond motifs is 1. The zero-order valence-corrected chi connectivity index (χ0v) is 10.2. The standard InChI is InChI=1S/C13H10ClN3O/c14-10-6-4-9(5-7-10)8-11-15-12-2-1-3-13(18)17(12)16-11/h1-7H,8H2,(H,15,16). The summed E-state index contributed by atoms with van der Waals surface area (Å²) in [7, 11) is 0. The third kappa shape index (κ3) is 2.02. The first-order valence-corrected chi connectivity index (χ1v) is 5.91. The van der Waals surface area contributed by atoms with Crippen LogP contribution in [-0.4, -0.2) is 14.6 Å². The Morgan fingerprint density at radius 1 is 1.17 bits per heavy atom. The highest BCUT2D eigenvalue weighted by Crippen LogP contribution is 2.12. The van der Waals surface area contributed by atoms with Gasteiger partial charge in [-0.3, -0.25) is 9.89 Å².